The number of nitrogens with one attached hydrogen (secondary N) is 1. The van der Waals surface area contributed by atoms with Gasteiger partial charge in [-0.15, -0.1) is 0 Å². The Kier molecular flexibility index (Phi) is 6.73. The number of aryl methyl sites for hydroxylation is 2. The molecular formula is C20H30N6O2. The molecule has 1 amide bonds. The van der Waals surface area contributed by atoms with Crippen molar-refractivity contribution in [1.29, 1.82) is 0 Å². The van der Waals surface area contributed by atoms with Gasteiger partial charge in [-0.2, -0.15) is 0 Å². The summed E-state index contributed by atoms with van der Waals surface area (Å²) in [4.78, 5) is 24.8. The summed E-state index contributed by atoms with van der Waals surface area (Å²) in [5, 5.41) is 3.45. The van der Waals surface area contributed by atoms with E-state index in [0.717, 1.165) is 49.9 Å². The third kappa shape index (κ3) is 4.55. The lowest BCUT2D eigenvalue weighted by molar-refractivity contribution is 0.0914. The Morgan fingerprint density at radius 1 is 1.21 bits per heavy atom. The lowest BCUT2D eigenvalue weighted by Gasteiger charge is -2.35. The molecule has 2 aromatic rings. The van der Waals surface area contributed by atoms with Crippen LogP contribution in [0.2, 0.25) is 0 Å². The number of hydrogen-bond donors (Lipinski definition) is 1. The van der Waals surface area contributed by atoms with Crippen molar-refractivity contribution in [1.82, 2.24) is 24.7 Å². The van der Waals surface area contributed by atoms with E-state index in [0.29, 0.717) is 19.7 Å². The molecule has 1 aromatic carbocycles. The van der Waals surface area contributed by atoms with Crippen molar-refractivity contribution in [2.45, 2.75) is 26.8 Å². The van der Waals surface area contributed by atoms with Gasteiger partial charge in [0, 0.05) is 46.3 Å². The maximum absolute atomic E-state index is 11.8. The average Bonchev–Trinajstić information content (AvgIpc) is 3.03. The molecule has 0 unspecified atom stereocenters. The number of amides is 1. The lowest BCUT2D eigenvalue weighted by atomic mass is 10.3. The molecule has 1 fully saturated rings. The standard InChI is InChI=1S/C20H30N6O2/c1-4-28-20(27)25-14-12-24(13-15-25)19(21-3)22-10-7-11-26-16(2)23-17-8-5-6-9-18(17)26/h5-6,8-9H,4,7,10-15H2,1-3H3,(H,21,22). The number of benzene rings is 1. The third-order valence-corrected chi connectivity index (χ3v) is 5.00. The number of ether oxygens (including phenoxy) is 1. The van der Waals surface area contributed by atoms with Crippen LogP contribution < -0.4 is 5.32 Å². The van der Waals surface area contributed by atoms with E-state index < -0.39 is 0 Å². The minimum Gasteiger partial charge on any atom is -0.450 e. The number of aromatic nitrogens is 2. The summed E-state index contributed by atoms with van der Waals surface area (Å²) in [6.07, 6.45) is 0.747. The second-order valence-corrected chi connectivity index (χ2v) is 6.80. The van der Waals surface area contributed by atoms with Gasteiger partial charge in [0.1, 0.15) is 5.82 Å². The molecule has 28 heavy (non-hydrogen) atoms. The van der Waals surface area contributed by atoms with Gasteiger partial charge < -0.3 is 24.4 Å². The first-order valence-electron chi connectivity index (χ1n) is 9.93. The molecule has 0 radical (unpaired) electrons. The van der Waals surface area contributed by atoms with Crippen molar-refractivity contribution in [3.05, 3.63) is 30.1 Å². The largest absolute Gasteiger partial charge is 0.450 e. The van der Waals surface area contributed by atoms with Crippen molar-refractivity contribution in [2.24, 2.45) is 4.99 Å². The van der Waals surface area contributed by atoms with Crippen LogP contribution in [0.1, 0.15) is 19.2 Å². The number of nitrogens with zero attached hydrogens (tertiary/aromatic N) is 5. The summed E-state index contributed by atoms with van der Waals surface area (Å²) in [5.74, 6) is 1.93. The van der Waals surface area contributed by atoms with Crippen LogP contribution in [-0.4, -0.2) is 77.8 Å². The average molecular weight is 387 g/mol. The van der Waals surface area contributed by atoms with Crippen LogP contribution in [0.5, 0.6) is 0 Å². The second kappa shape index (κ2) is 9.43. The van der Waals surface area contributed by atoms with Crippen LogP contribution in [0, 0.1) is 6.92 Å². The summed E-state index contributed by atoms with van der Waals surface area (Å²) >= 11 is 0. The number of hydrogen-bond acceptors (Lipinski definition) is 4. The molecule has 2 heterocycles. The fraction of sp³-hybridized carbons (Fsp3) is 0.550. The Bertz CT molecular complexity index is 823. The van der Waals surface area contributed by atoms with E-state index in [1.165, 1.54) is 5.52 Å². The minimum absolute atomic E-state index is 0.229. The molecule has 8 heteroatoms. The van der Waals surface area contributed by atoms with Crippen LogP contribution in [0.15, 0.2) is 29.3 Å². The van der Waals surface area contributed by atoms with E-state index in [4.69, 9.17) is 4.74 Å². The summed E-state index contributed by atoms with van der Waals surface area (Å²) in [5.41, 5.74) is 2.22. The first-order valence-corrected chi connectivity index (χ1v) is 9.93. The quantitative estimate of drug-likeness (QED) is 0.484. The normalized spacial score (nSPS) is 15.2. The summed E-state index contributed by atoms with van der Waals surface area (Å²) in [6.45, 7) is 8.84. The molecule has 1 saturated heterocycles. The highest BCUT2D eigenvalue weighted by molar-refractivity contribution is 5.80. The van der Waals surface area contributed by atoms with E-state index in [2.05, 4.69) is 49.9 Å². The van der Waals surface area contributed by atoms with Crippen molar-refractivity contribution in [3.8, 4) is 0 Å². The zero-order valence-electron chi connectivity index (χ0n) is 17.0. The Balaban J connectivity index is 1.46. The van der Waals surface area contributed by atoms with E-state index >= 15 is 0 Å². The van der Waals surface area contributed by atoms with Crippen molar-refractivity contribution in [3.63, 3.8) is 0 Å². The highest BCUT2D eigenvalue weighted by Crippen LogP contribution is 2.15. The van der Waals surface area contributed by atoms with Gasteiger partial charge in [0.15, 0.2) is 5.96 Å². The highest BCUT2D eigenvalue weighted by Gasteiger charge is 2.23. The highest BCUT2D eigenvalue weighted by atomic mass is 16.6. The summed E-state index contributed by atoms with van der Waals surface area (Å²) < 4.78 is 7.34. The Morgan fingerprint density at radius 3 is 2.64 bits per heavy atom. The Labute approximate surface area is 166 Å². The molecule has 152 valence electrons. The van der Waals surface area contributed by atoms with Crippen molar-refractivity contribution in [2.75, 3.05) is 46.4 Å². The number of para-hydroxylation sites is 2. The SMILES string of the molecule is CCOC(=O)N1CCN(C(=NC)NCCCn2c(C)nc3ccccc32)CC1. The predicted molar refractivity (Wildman–Crippen MR) is 111 cm³/mol. The molecule has 0 atom stereocenters. The molecule has 0 bridgehead atoms. The Hall–Kier alpha value is -2.77. The van der Waals surface area contributed by atoms with Crippen LogP contribution in [0.25, 0.3) is 11.0 Å². The number of fused-ring (bicyclic) bond motifs is 1. The summed E-state index contributed by atoms with van der Waals surface area (Å²) in [6, 6.07) is 8.24. The van der Waals surface area contributed by atoms with Crippen molar-refractivity contribution >= 4 is 23.1 Å². The van der Waals surface area contributed by atoms with Crippen LogP contribution >= 0.6 is 0 Å². The molecule has 1 N–H and O–H groups in total. The fourth-order valence-electron chi connectivity index (χ4n) is 3.56. The summed E-state index contributed by atoms with van der Waals surface area (Å²) in [7, 11) is 1.80. The zero-order valence-corrected chi connectivity index (χ0v) is 17.0. The number of carbonyl (C=O) groups excluding carboxylic acids is 1. The molecule has 0 aliphatic carbocycles. The molecular weight excluding hydrogens is 356 g/mol. The number of rotatable bonds is 5. The van der Waals surface area contributed by atoms with Gasteiger partial charge in [-0.25, -0.2) is 9.78 Å². The van der Waals surface area contributed by atoms with E-state index in [9.17, 15) is 4.79 Å². The zero-order chi connectivity index (χ0) is 19.9. The van der Waals surface area contributed by atoms with Crippen LogP contribution in [-0.2, 0) is 11.3 Å². The number of aliphatic imine (C=N–C) groups is 1. The van der Waals surface area contributed by atoms with E-state index in [1.807, 2.05) is 13.0 Å². The second-order valence-electron chi connectivity index (χ2n) is 6.80. The monoisotopic (exact) mass is 386 g/mol. The van der Waals surface area contributed by atoms with Gasteiger partial charge in [0.2, 0.25) is 0 Å². The fourth-order valence-corrected chi connectivity index (χ4v) is 3.56. The lowest BCUT2D eigenvalue weighted by Crippen LogP contribution is -2.54. The molecule has 1 aliphatic heterocycles. The first kappa shape index (κ1) is 20.0. The van der Waals surface area contributed by atoms with Gasteiger partial charge in [-0.3, -0.25) is 4.99 Å². The van der Waals surface area contributed by atoms with Gasteiger partial charge in [-0.1, -0.05) is 12.1 Å². The maximum Gasteiger partial charge on any atom is 0.409 e. The number of guanidine groups is 1. The predicted octanol–water partition coefficient (Wildman–Crippen LogP) is 2.08. The smallest absolute Gasteiger partial charge is 0.409 e. The maximum atomic E-state index is 11.8. The van der Waals surface area contributed by atoms with Crippen LogP contribution in [0.3, 0.4) is 0 Å². The molecule has 1 aromatic heterocycles. The minimum atomic E-state index is -0.229. The molecule has 1 aliphatic rings. The van der Waals surface area contributed by atoms with Crippen LogP contribution in [0.4, 0.5) is 4.79 Å². The molecule has 0 saturated carbocycles. The van der Waals surface area contributed by atoms with E-state index in [-0.39, 0.29) is 6.09 Å². The third-order valence-electron chi connectivity index (χ3n) is 5.00. The van der Waals surface area contributed by atoms with Crippen molar-refractivity contribution < 1.29 is 9.53 Å². The Morgan fingerprint density at radius 2 is 1.93 bits per heavy atom. The topological polar surface area (TPSA) is 75.0 Å². The number of imidazole rings is 1. The van der Waals surface area contributed by atoms with Gasteiger partial charge >= 0.3 is 6.09 Å². The molecule has 3 rings (SSSR count). The molecule has 8 nitrogen and oxygen atoms in total. The van der Waals surface area contributed by atoms with Gasteiger partial charge in [-0.05, 0) is 32.4 Å². The van der Waals surface area contributed by atoms with E-state index in [1.54, 1.807) is 11.9 Å². The molecule has 0 spiro atoms. The first-order chi connectivity index (χ1) is 13.6. The van der Waals surface area contributed by atoms with Gasteiger partial charge in [0.05, 0.1) is 17.6 Å². The van der Waals surface area contributed by atoms with Gasteiger partial charge in [0.25, 0.3) is 0 Å². The number of carbonyl (C=O) groups is 1. The number of piperazine rings is 1.